The molecule has 1 saturated heterocycles. The summed E-state index contributed by atoms with van der Waals surface area (Å²) in [5.74, 6) is 0.509. The van der Waals surface area contributed by atoms with Crippen molar-refractivity contribution in [2.24, 2.45) is 5.92 Å². The minimum atomic E-state index is -0.735. The zero-order valence-corrected chi connectivity index (χ0v) is 25.9. The number of nitrogens with zero attached hydrogens (tertiary/aromatic N) is 1. The lowest BCUT2D eigenvalue weighted by Crippen LogP contribution is -2.74. The molecule has 1 unspecified atom stereocenters. The van der Waals surface area contributed by atoms with E-state index in [1.807, 2.05) is 24.3 Å². The van der Waals surface area contributed by atoms with E-state index < -0.39 is 11.0 Å². The van der Waals surface area contributed by atoms with E-state index in [2.05, 4.69) is 56.1 Å². The van der Waals surface area contributed by atoms with Crippen LogP contribution in [0, 0.1) is 5.92 Å². The molecule has 4 atom stereocenters. The van der Waals surface area contributed by atoms with Crippen LogP contribution in [0.5, 0.6) is 5.75 Å². The average Bonchev–Trinajstić information content (AvgIpc) is 2.93. The fourth-order valence-corrected chi connectivity index (χ4v) is 8.04. The lowest BCUT2D eigenvalue weighted by atomic mass is 9.54. The maximum Gasteiger partial charge on any atom is 0.303 e. The number of rotatable bonds is 13. The lowest BCUT2D eigenvalue weighted by Gasteiger charge is -2.61. The predicted molar refractivity (Wildman–Crippen MR) is 168 cm³/mol. The topological polar surface area (TPSA) is 75.6 Å². The predicted octanol–water partition coefficient (Wildman–Crippen LogP) is 6.47. The lowest BCUT2D eigenvalue weighted by molar-refractivity contribution is -0.938. The fourth-order valence-electron chi connectivity index (χ4n) is 8.04. The second-order valence-electron chi connectivity index (χ2n) is 13.3. The molecule has 2 N–H and O–H groups in total. The van der Waals surface area contributed by atoms with Gasteiger partial charge in [0, 0.05) is 37.1 Å². The number of carbonyl (C=O) groups is 2. The standard InChI is InChI=1S/C36H50N2O4/c1-5-22-38(26-28(2)3)23-21-35(31-16-12-17-33(40)24-31)25-32(19-20-36(35,27-38)42-29(4)39)37-34(41)18-11-7-10-15-30-13-8-6-9-14-30/h5-6,8-9,12-14,16-17,24,28,32H,1,7,10-11,15,18-23,25-27H2,2-4H3,(H-,37,40,41)/p+1/t32-,35-,36?,38+/m1/s1. The third kappa shape index (κ3) is 7.44. The molecule has 1 saturated carbocycles. The molecule has 228 valence electrons. The number of quaternary nitrogens is 1. The number of amides is 1. The van der Waals surface area contributed by atoms with Crippen molar-refractivity contribution in [3.8, 4) is 5.75 Å². The third-order valence-corrected chi connectivity index (χ3v) is 9.55. The maximum absolute atomic E-state index is 13.1. The van der Waals surface area contributed by atoms with E-state index in [-0.39, 0.29) is 23.7 Å². The Kier molecular flexibility index (Phi) is 10.5. The molecule has 2 aromatic carbocycles. The number of carbonyl (C=O) groups excluding carboxylic acids is 2. The molecular weight excluding hydrogens is 524 g/mol. The van der Waals surface area contributed by atoms with Crippen molar-refractivity contribution in [1.82, 2.24) is 5.32 Å². The van der Waals surface area contributed by atoms with Crippen LogP contribution in [0.1, 0.15) is 83.3 Å². The number of aryl methyl sites for hydroxylation is 1. The van der Waals surface area contributed by atoms with Crippen LogP contribution < -0.4 is 5.32 Å². The van der Waals surface area contributed by atoms with E-state index in [9.17, 15) is 14.7 Å². The minimum Gasteiger partial charge on any atom is -0.508 e. The van der Waals surface area contributed by atoms with Crippen molar-refractivity contribution in [2.75, 3.05) is 26.2 Å². The summed E-state index contributed by atoms with van der Waals surface area (Å²) >= 11 is 0. The normalized spacial score (nSPS) is 27.2. The van der Waals surface area contributed by atoms with Gasteiger partial charge in [0.2, 0.25) is 5.91 Å². The van der Waals surface area contributed by atoms with Crippen molar-refractivity contribution >= 4 is 11.9 Å². The summed E-state index contributed by atoms with van der Waals surface area (Å²) in [5.41, 5.74) is 1.09. The Morgan fingerprint density at radius 2 is 1.90 bits per heavy atom. The highest BCUT2D eigenvalue weighted by Crippen LogP contribution is 2.55. The van der Waals surface area contributed by atoms with Gasteiger partial charge in [-0.25, -0.2) is 0 Å². The largest absolute Gasteiger partial charge is 0.508 e. The van der Waals surface area contributed by atoms with Crippen LogP contribution in [0.3, 0.4) is 0 Å². The van der Waals surface area contributed by atoms with Crippen molar-refractivity contribution in [3.63, 3.8) is 0 Å². The fraction of sp³-hybridized carbons (Fsp3) is 0.556. The molecule has 4 rings (SSSR count). The van der Waals surface area contributed by atoms with Gasteiger partial charge in [0.05, 0.1) is 19.6 Å². The number of benzene rings is 2. The second kappa shape index (κ2) is 13.9. The van der Waals surface area contributed by atoms with Crippen LogP contribution in [0.25, 0.3) is 0 Å². The first kappa shape index (κ1) is 31.8. The number of hydrogen-bond donors (Lipinski definition) is 2. The first-order valence-electron chi connectivity index (χ1n) is 15.9. The van der Waals surface area contributed by atoms with E-state index in [1.54, 1.807) is 6.07 Å². The number of fused-ring (bicyclic) bond motifs is 1. The summed E-state index contributed by atoms with van der Waals surface area (Å²) in [4.78, 5) is 25.9. The quantitative estimate of drug-likeness (QED) is 0.124. The molecular formula is C36H51N2O4+. The molecule has 1 heterocycles. The molecule has 0 radical (unpaired) electrons. The summed E-state index contributed by atoms with van der Waals surface area (Å²) < 4.78 is 7.29. The van der Waals surface area contributed by atoms with Gasteiger partial charge in [0.15, 0.2) is 5.60 Å². The number of nitrogens with one attached hydrogen (secondary N) is 1. The highest BCUT2D eigenvalue weighted by Gasteiger charge is 2.65. The molecule has 2 fully saturated rings. The van der Waals surface area contributed by atoms with Gasteiger partial charge in [-0.3, -0.25) is 9.59 Å². The summed E-state index contributed by atoms with van der Waals surface area (Å²) in [7, 11) is 0. The minimum absolute atomic E-state index is 0.0163. The number of unbranched alkanes of at least 4 members (excludes halogenated alkanes) is 2. The number of piperidine rings is 1. The summed E-state index contributed by atoms with van der Waals surface area (Å²) in [6, 6.07) is 17.9. The summed E-state index contributed by atoms with van der Waals surface area (Å²) in [6.45, 7) is 13.5. The SMILES string of the molecule is C=CC[N@@+]1(CC(C)C)CC[C@]2(c3cccc(O)c3)C[C@H](NC(=O)CCCCCc3ccccc3)CCC2(OC(C)=O)C1. The molecule has 6 nitrogen and oxygen atoms in total. The highest BCUT2D eigenvalue weighted by molar-refractivity contribution is 5.76. The Hall–Kier alpha value is -3.12. The Morgan fingerprint density at radius 1 is 1.12 bits per heavy atom. The first-order chi connectivity index (χ1) is 20.1. The molecule has 1 aliphatic heterocycles. The van der Waals surface area contributed by atoms with Crippen molar-refractivity contribution in [2.45, 2.75) is 95.6 Å². The third-order valence-electron chi connectivity index (χ3n) is 9.55. The molecule has 0 aromatic heterocycles. The number of ether oxygens (including phenoxy) is 1. The Morgan fingerprint density at radius 3 is 2.60 bits per heavy atom. The number of aromatic hydroxyl groups is 1. The zero-order valence-electron chi connectivity index (χ0n) is 25.9. The van der Waals surface area contributed by atoms with E-state index >= 15 is 0 Å². The van der Waals surface area contributed by atoms with Crippen molar-refractivity contribution in [1.29, 1.82) is 0 Å². The van der Waals surface area contributed by atoms with Gasteiger partial charge in [0.25, 0.3) is 0 Å². The van der Waals surface area contributed by atoms with Crippen LogP contribution >= 0.6 is 0 Å². The van der Waals surface area contributed by atoms with Gasteiger partial charge in [-0.2, -0.15) is 0 Å². The van der Waals surface area contributed by atoms with Gasteiger partial charge in [-0.15, -0.1) is 0 Å². The van der Waals surface area contributed by atoms with Gasteiger partial charge in [-0.05, 0) is 67.9 Å². The monoisotopic (exact) mass is 575 g/mol. The highest BCUT2D eigenvalue weighted by atomic mass is 16.6. The Labute approximate surface area is 252 Å². The van der Waals surface area contributed by atoms with Crippen LogP contribution in [-0.2, 0) is 26.2 Å². The van der Waals surface area contributed by atoms with Gasteiger partial charge in [0.1, 0.15) is 12.3 Å². The zero-order chi connectivity index (χ0) is 30.2. The van der Waals surface area contributed by atoms with Crippen LogP contribution in [0.4, 0.5) is 0 Å². The van der Waals surface area contributed by atoms with Crippen molar-refractivity contribution in [3.05, 3.63) is 78.4 Å². The maximum atomic E-state index is 13.1. The molecule has 1 amide bonds. The van der Waals surface area contributed by atoms with Gasteiger partial charge < -0.3 is 19.6 Å². The summed E-state index contributed by atoms with van der Waals surface area (Å²) in [5, 5.41) is 13.9. The van der Waals surface area contributed by atoms with E-state index in [0.29, 0.717) is 31.7 Å². The Balaban J connectivity index is 1.52. The first-order valence-corrected chi connectivity index (χ1v) is 15.9. The second-order valence-corrected chi connectivity index (χ2v) is 13.3. The molecule has 42 heavy (non-hydrogen) atoms. The molecule has 2 aromatic rings. The molecule has 1 aliphatic carbocycles. The molecule has 6 heteroatoms. The number of likely N-dealkylation sites (tertiary alicyclic amines) is 1. The molecule has 0 spiro atoms. The number of phenols is 1. The van der Waals surface area contributed by atoms with E-state index in [4.69, 9.17) is 4.74 Å². The van der Waals surface area contributed by atoms with Gasteiger partial charge >= 0.3 is 5.97 Å². The van der Waals surface area contributed by atoms with Crippen LogP contribution in [0.15, 0.2) is 67.3 Å². The van der Waals surface area contributed by atoms with Gasteiger partial charge in [-0.1, -0.05) is 69.3 Å². The van der Waals surface area contributed by atoms with Crippen LogP contribution in [0.2, 0.25) is 0 Å². The number of esters is 1. The molecule has 0 bridgehead atoms. The smallest absolute Gasteiger partial charge is 0.303 e. The van der Waals surface area contributed by atoms with E-state index in [1.165, 1.54) is 12.5 Å². The summed E-state index contributed by atoms with van der Waals surface area (Å²) in [6.07, 6.45) is 9.43. The Bertz CT molecular complexity index is 1210. The average molecular weight is 576 g/mol. The number of phenolic OH excluding ortho intramolecular Hbond substituents is 1. The van der Waals surface area contributed by atoms with Crippen molar-refractivity contribution < 1.29 is 23.9 Å². The van der Waals surface area contributed by atoms with Crippen LogP contribution in [-0.4, -0.2) is 59.3 Å². The van der Waals surface area contributed by atoms with E-state index in [0.717, 1.165) is 68.2 Å². The molecule has 2 aliphatic rings. The number of hydrogen-bond acceptors (Lipinski definition) is 4.